The second-order valence-corrected chi connectivity index (χ2v) is 8.68. The van der Waals surface area contributed by atoms with Gasteiger partial charge in [0.25, 0.3) is 0 Å². The Labute approximate surface area is 184 Å². The van der Waals surface area contributed by atoms with Crippen LogP contribution in [0.4, 0.5) is 0 Å². The molecule has 26 heavy (non-hydrogen) atoms. The van der Waals surface area contributed by atoms with Crippen molar-refractivity contribution in [3.05, 3.63) is 12.2 Å². The van der Waals surface area contributed by atoms with Gasteiger partial charge in [-0.1, -0.05) is 83.3 Å². The first-order valence-electron chi connectivity index (χ1n) is 10.2. The van der Waals surface area contributed by atoms with Crippen LogP contribution in [0.1, 0.15) is 103 Å². The molecular weight excluding hydrogens is 359 g/mol. The van der Waals surface area contributed by atoms with Crippen molar-refractivity contribution in [1.82, 2.24) is 0 Å². The summed E-state index contributed by atoms with van der Waals surface area (Å²) < 4.78 is 32.5. The maximum absolute atomic E-state index is 10.8. The second kappa shape index (κ2) is 20.3. The van der Waals surface area contributed by atoms with Crippen LogP contribution in [0.2, 0.25) is 0 Å². The smallest absolute Gasteiger partial charge is 0.748 e. The fourth-order valence-corrected chi connectivity index (χ4v) is 3.58. The topological polar surface area (TPSA) is 77.4 Å². The third-order valence-electron chi connectivity index (χ3n) is 4.65. The maximum Gasteiger partial charge on any atom is 1.00 e. The van der Waals surface area contributed by atoms with Crippen LogP contribution in [0.25, 0.3) is 0 Å². The van der Waals surface area contributed by atoms with E-state index in [0.29, 0.717) is 6.42 Å². The molecule has 4 nitrogen and oxygen atoms in total. The van der Waals surface area contributed by atoms with Gasteiger partial charge in [0.2, 0.25) is 0 Å². The van der Waals surface area contributed by atoms with Crippen LogP contribution in [0.3, 0.4) is 0 Å². The Bertz CT molecular complexity index is 410. The Morgan fingerprint density at radius 3 is 1.65 bits per heavy atom. The van der Waals surface area contributed by atoms with Crippen molar-refractivity contribution in [2.24, 2.45) is 0 Å². The van der Waals surface area contributed by atoms with E-state index >= 15 is 0 Å². The monoisotopic (exact) mass is 398 g/mol. The molecule has 0 aromatic heterocycles. The summed E-state index contributed by atoms with van der Waals surface area (Å²) in [5.74, 6) is 0. The first kappa shape index (κ1) is 28.8. The van der Waals surface area contributed by atoms with E-state index in [1.54, 1.807) is 0 Å². The van der Waals surface area contributed by atoms with Gasteiger partial charge in [0.05, 0.1) is 22.0 Å². The Kier molecular flexibility index (Phi) is 22.6. The van der Waals surface area contributed by atoms with Crippen molar-refractivity contribution in [3.8, 4) is 0 Å². The van der Waals surface area contributed by atoms with Crippen LogP contribution in [-0.2, 0) is 10.1 Å². The van der Waals surface area contributed by atoms with Crippen molar-refractivity contribution in [2.75, 3.05) is 6.61 Å². The largest absolute Gasteiger partial charge is 1.00 e. The summed E-state index contributed by atoms with van der Waals surface area (Å²) >= 11 is 0. The average molecular weight is 399 g/mol. The maximum atomic E-state index is 10.8. The molecule has 0 amide bonds. The number of aliphatic hydroxyl groups excluding tert-OH is 1. The molecule has 0 heterocycles. The Morgan fingerprint density at radius 2 is 1.23 bits per heavy atom. The normalized spacial score (nSPS) is 13.0. The molecule has 1 atom stereocenters. The molecular formula is C20H39NaO4S. The number of unbranched alkanes of at least 4 members (excludes halogenated alkanes) is 12. The van der Waals surface area contributed by atoms with Gasteiger partial charge in [0.15, 0.2) is 0 Å². The summed E-state index contributed by atoms with van der Waals surface area (Å²) in [7, 11) is -4.34. The Hall–Kier alpha value is 0.610. The fourth-order valence-electron chi connectivity index (χ4n) is 2.95. The van der Waals surface area contributed by atoms with Gasteiger partial charge in [-0.25, -0.2) is 8.42 Å². The summed E-state index contributed by atoms with van der Waals surface area (Å²) in [5.41, 5.74) is 0. The number of hydrogen-bond acceptors (Lipinski definition) is 4. The van der Waals surface area contributed by atoms with E-state index in [0.717, 1.165) is 25.7 Å². The molecule has 0 aromatic rings. The molecule has 0 saturated carbocycles. The number of allylic oxidation sites excluding steroid dienone is 2. The first-order chi connectivity index (χ1) is 12.0. The number of aliphatic hydroxyl groups is 1. The molecule has 6 heteroatoms. The minimum Gasteiger partial charge on any atom is -0.748 e. The summed E-state index contributed by atoms with van der Waals surface area (Å²) in [5, 5.41) is 7.78. The van der Waals surface area contributed by atoms with E-state index in [1.807, 2.05) is 0 Å². The number of hydrogen-bond donors (Lipinski definition) is 1. The van der Waals surface area contributed by atoms with E-state index in [1.165, 1.54) is 57.8 Å². The number of rotatable bonds is 18. The van der Waals surface area contributed by atoms with Crippen molar-refractivity contribution in [1.29, 1.82) is 0 Å². The molecule has 0 radical (unpaired) electrons. The van der Waals surface area contributed by atoms with Crippen LogP contribution >= 0.6 is 0 Å². The van der Waals surface area contributed by atoms with Gasteiger partial charge < -0.3 is 9.66 Å². The van der Waals surface area contributed by atoms with Gasteiger partial charge in [0.1, 0.15) is 0 Å². The summed E-state index contributed by atoms with van der Waals surface area (Å²) in [4.78, 5) is 0. The molecule has 0 rings (SSSR count). The first-order valence-corrected chi connectivity index (χ1v) is 11.7. The zero-order chi connectivity index (χ0) is 18.8. The Balaban J connectivity index is 0. The van der Waals surface area contributed by atoms with Gasteiger partial charge >= 0.3 is 29.6 Å². The van der Waals surface area contributed by atoms with Crippen molar-refractivity contribution < 1.29 is 47.6 Å². The average Bonchev–Trinajstić information content (AvgIpc) is 2.56. The fraction of sp³-hybridized carbons (Fsp3) is 0.900. The summed E-state index contributed by atoms with van der Waals surface area (Å²) in [6.45, 7) is 1.69. The molecule has 0 spiro atoms. The van der Waals surface area contributed by atoms with Gasteiger partial charge in [0, 0.05) is 0 Å². The van der Waals surface area contributed by atoms with Crippen molar-refractivity contribution >= 4 is 10.1 Å². The molecule has 0 saturated heterocycles. The van der Waals surface area contributed by atoms with E-state index < -0.39 is 22.0 Å². The molecule has 150 valence electrons. The SMILES string of the molecule is CCCCCCCC/C=C\CCCCCCCCC(CO)S(=O)(=O)[O-].[Na+]. The predicted molar refractivity (Wildman–Crippen MR) is 105 cm³/mol. The minimum atomic E-state index is -4.34. The minimum absolute atomic E-state index is 0. The van der Waals surface area contributed by atoms with Gasteiger partial charge in [-0.15, -0.1) is 0 Å². The van der Waals surface area contributed by atoms with Crippen LogP contribution in [0, 0.1) is 0 Å². The quantitative estimate of drug-likeness (QED) is 0.166. The summed E-state index contributed by atoms with van der Waals surface area (Å²) in [6.07, 6.45) is 21.6. The van der Waals surface area contributed by atoms with Gasteiger partial charge in [-0.3, -0.25) is 0 Å². The van der Waals surface area contributed by atoms with Gasteiger partial charge in [-0.05, 0) is 32.1 Å². The zero-order valence-corrected chi connectivity index (χ0v) is 19.9. The second-order valence-electron chi connectivity index (χ2n) is 7.02. The van der Waals surface area contributed by atoms with Crippen molar-refractivity contribution in [2.45, 2.75) is 108 Å². The third-order valence-corrected chi connectivity index (χ3v) is 5.85. The zero-order valence-electron chi connectivity index (χ0n) is 17.1. The molecule has 0 fully saturated rings. The predicted octanol–water partition coefficient (Wildman–Crippen LogP) is 2.32. The Morgan fingerprint density at radius 1 is 0.808 bits per heavy atom. The molecule has 0 aromatic carbocycles. The molecule has 0 aliphatic heterocycles. The van der Waals surface area contributed by atoms with Crippen LogP contribution in [-0.4, -0.2) is 29.9 Å². The standard InChI is InChI=1S/C20H40O4S.Na/c1-2-3-4-5-6-7-8-9-10-11-12-13-14-15-16-17-18-20(19-21)25(22,23)24;/h9-10,20-21H,2-8,11-19H2,1H3,(H,22,23,24);/q;+1/p-1/b10-9-;. The van der Waals surface area contributed by atoms with E-state index in [9.17, 15) is 13.0 Å². The van der Waals surface area contributed by atoms with Gasteiger partial charge in [-0.2, -0.15) is 0 Å². The van der Waals surface area contributed by atoms with E-state index in [2.05, 4.69) is 19.1 Å². The molecule has 0 aliphatic carbocycles. The molecule has 1 unspecified atom stereocenters. The van der Waals surface area contributed by atoms with Crippen LogP contribution < -0.4 is 29.6 Å². The van der Waals surface area contributed by atoms with E-state index in [4.69, 9.17) is 5.11 Å². The van der Waals surface area contributed by atoms with Crippen LogP contribution in [0.15, 0.2) is 12.2 Å². The summed E-state index contributed by atoms with van der Waals surface area (Å²) in [6, 6.07) is 0. The van der Waals surface area contributed by atoms with Crippen LogP contribution in [0.5, 0.6) is 0 Å². The molecule has 0 aliphatic rings. The molecule has 1 N–H and O–H groups in total. The van der Waals surface area contributed by atoms with Crippen molar-refractivity contribution in [3.63, 3.8) is 0 Å². The molecule has 0 bridgehead atoms. The van der Waals surface area contributed by atoms with E-state index in [-0.39, 0.29) is 36.0 Å². The third kappa shape index (κ3) is 19.4.